The number of benzene rings is 2. The second kappa shape index (κ2) is 11.5. The van der Waals surface area contributed by atoms with Crippen LogP contribution in [0.3, 0.4) is 0 Å². The lowest BCUT2D eigenvalue weighted by Crippen LogP contribution is -2.62. The fourth-order valence-electron chi connectivity index (χ4n) is 3.41. The van der Waals surface area contributed by atoms with E-state index >= 15 is 0 Å². The fraction of sp³-hybridized carbons (Fsp3) is 0.391. The summed E-state index contributed by atoms with van der Waals surface area (Å²) in [5.41, 5.74) is 0.759. The van der Waals surface area contributed by atoms with Crippen molar-refractivity contribution >= 4 is 17.6 Å². The number of hydrogen-bond donors (Lipinski definition) is 1. The average molecular weight is 475 g/mol. The van der Waals surface area contributed by atoms with E-state index in [0.29, 0.717) is 0 Å². The molecule has 11 heteroatoms. The van der Waals surface area contributed by atoms with Crippen molar-refractivity contribution in [3.05, 3.63) is 70.3 Å². The molecule has 0 radical (unpaired) electrons. The number of esters is 2. The van der Waals surface area contributed by atoms with Gasteiger partial charge >= 0.3 is 11.9 Å². The van der Waals surface area contributed by atoms with Gasteiger partial charge in [-0.1, -0.05) is 30.3 Å². The highest BCUT2D eigenvalue weighted by atomic mass is 16.7. The van der Waals surface area contributed by atoms with Gasteiger partial charge in [0.25, 0.3) is 5.69 Å². The molecule has 34 heavy (non-hydrogen) atoms. The maximum absolute atomic E-state index is 11.7. The molecule has 5 atom stereocenters. The number of hydrogen-bond acceptors (Lipinski definition) is 10. The molecule has 1 aliphatic rings. The molecule has 1 heterocycles. The van der Waals surface area contributed by atoms with Gasteiger partial charge in [0, 0.05) is 26.0 Å². The van der Waals surface area contributed by atoms with Crippen molar-refractivity contribution in [2.24, 2.45) is 0 Å². The quantitative estimate of drug-likeness (QED) is 0.325. The lowest BCUT2D eigenvalue weighted by Gasteiger charge is -2.42. The van der Waals surface area contributed by atoms with Gasteiger partial charge in [-0.15, -0.1) is 0 Å². The van der Waals surface area contributed by atoms with Gasteiger partial charge in [0.2, 0.25) is 12.4 Å². The summed E-state index contributed by atoms with van der Waals surface area (Å²) in [6.07, 6.45) is -6.30. The molecule has 182 valence electrons. The van der Waals surface area contributed by atoms with Crippen molar-refractivity contribution < 1.29 is 43.3 Å². The Kier molecular flexibility index (Phi) is 8.52. The van der Waals surface area contributed by atoms with E-state index in [1.165, 1.54) is 24.3 Å². The predicted molar refractivity (Wildman–Crippen MR) is 116 cm³/mol. The Morgan fingerprint density at radius 1 is 1.00 bits per heavy atom. The van der Waals surface area contributed by atoms with Crippen LogP contribution in [0.2, 0.25) is 0 Å². The van der Waals surface area contributed by atoms with Crippen LogP contribution in [0.4, 0.5) is 5.69 Å². The monoisotopic (exact) mass is 475 g/mol. The molecule has 1 aliphatic heterocycles. The molecule has 2 aromatic rings. The summed E-state index contributed by atoms with van der Waals surface area (Å²) < 4.78 is 27.8. The molecular weight excluding hydrogens is 450 g/mol. The first-order chi connectivity index (χ1) is 16.2. The zero-order valence-electron chi connectivity index (χ0n) is 18.6. The second-order valence-corrected chi connectivity index (χ2v) is 7.55. The third-order valence-electron chi connectivity index (χ3n) is 4.92. The number of nitro groups is 1. The van der Waals surface area contributed by atoms with Gasteiger partial charge in [0.15, 0.2) is 6.10 Å². The number of rotatable bonds is 9. The van der Waals surface area contributed by atoms with Gasteiger partial charge in [-0.3, -0.25) is 19.7 Å². The number of carbonyl (C=O) groups excluding carboxylic acids is 2. The van der Waals surface area contributed by atoms with E-state index < -0.39 is 47.6 Å². The van der Waals surface area contributed by atoms with E-state index in [0.717, 1.165) is 19.4 Å². The number of ether oxygens (including phenoxy) is 5. The first kappa shape index (κ1) is 25.1. The average Bonchev–Trinajstić information content (AvgIpc) is 2.79. The van der Waals surface area contributed by atoms with Crippen LogP contribution in [0, 0.1) is 10.1 Å². The second-order valence-electron chi connectivity index (χ2n) is 7.55. The van der Waals surface area contributed by atoms with Gasteiger partial charge < -0.3 is 28.8 Å². The normalized spacial score (nSPS) is 24.1. The summed E-state index contributed by atoms with van der Waals surface area (Å²) in [6, 6.07) is 14.5. The molecule has 0 unspecified atom stereocenters. The van der Waals surface area contributed by atoms with Crippen LogP contribution in [0.25, 0.3) is 0 Å². The Morgan fingerprint density at radius 3 is 2.21 bits per heavy atom. The van der Waals surface area contributed by atoms with Crippen molar-refractivity contribution in [1.82, 2.24) is 0 Å². The highest BCUT2D eigenvalue weighted by molar-refractivity contribution is 5.67. The first-order valence-electron chi connectivity index (χ1n) is 10.5. The minimum Gasteiger partial charge on any atom is -0.461 e. The maximum Gasteiger partial charge on any atom is 0.303 e. The summed E-state index contributed by atoms with van der Waals surface area (Å²) >= 11 is 0. The zero-order chi connectivity index (χ0) is 24.7. The Hall–Kier alpha value is -3.54. The molecule has 11 nitrogen and oxygen atoms in total. The molecule has 3 rings (SSSR count). The van der Waals surface area contributed by atoms with Crippen molar-refractivity contribution in [2.75, 3.05) is 6.61 Å². The molecule has 1 saturated heterocycles. The third-order valence-corrected chi connectivity index (χ3v) is 4.92. The number of non-ortho nitro benzene ring substituents is 1. The Morgan fingerprint density at radius 2 is 1.62 bits per heavy atom. The smallest absolute Gasteiger partial charge is 0.303 e. The lowest BCUT2D eigenvalue weighted by atomic mass is 9.98. The molecule has 0 aliphatic carbocycles. The van der Waals surface area contributed by atoms with Gasteiger partial charge in [0.1, 0.15) is 18.0 Å². The van der Waals surface area contributed by atoms with Gasteiger partial charge in [-0.05, 0) is 17.7 Å². The largest absolute Gasteiger partial charge is 0.461 e. The zero-order valence-corrected chi connectivity index (χ0v) is 18.6. The standard InChI is InChI=1S/C23H25NO10/c1-14(25)31-21-20(27)19(13-30-12-16-6-4-3-5-7-16)34-23(22(21)32-15(2)26)33-18-10-8-17(9-11-18)24(28)29/h3-11,19-23,27H,12-13H2,1-2H3/t19-,20+,21+,22-,23+/m1/s1. The molecule has 1 fully saturated rings. The molecule has 0 saturated carbocycles. The highest BCUT2D eigenvalue weighted by Crippen LogP contribution is 2.29. The molecule has 0 amide bonds. The topological polar surface area (TPSA) is 144 Å². The van der Waals surface area contributed by atoms with Crippen LogP contribution in [-0.4, -0.2) is 59.3 Å². The minimum absolute atomic E-state index is 0.0826. The fourth-order valence-corrected chi connectivity index (χ4v) is 3.41. The summed E-state index contributed by atoms with van der Waals surface area (Å²) in [5, 5.41) is 21.7. The third kappa shape index (κ3) is 6.73. The van der Waals surface area contributed by atoms with E-state index in [2.05, 4.69) is 0 Å². The minimum atomic E-state index is -1.39. The van der Waals surface area contributed by atoms with Crippen molar-refractivity contribution in [3.8, 4) is 5.75 Å². The number of nitrogens with zero attached hydrogens (tertiary/aromatic N) is 1. The summed E-state index contributed by atoms with van der Waals surface area (Å²) in [6.45, 7) is 2.46. The van der Waals surface area contributed by atoms with E-state index in [9.17, 15) is 24.8 Å². The van der Waals surface area contributed by atoms with Crippen LogP contribution in [0.5, 0.6) is 5.75 Å². The van der Waals surface area contributed by atoms with Crippen molar-refractivity contribution in [2.45, 2.75) is 51.2 Å². The number of nitro benzene ring substituents is 1. The highest BCUT2D eigenvalue weighted by Gasteiger charge is 2.50. The molecule has 0 aromatic heterocycles. The summed E-state index contributed by atoms with van der Waals surface area (Å²) in [7, 11) is 0. The van der Waals surface area contributed by atoms with Gasteiger partial charge in [-0.25, -0.2) is 0 Å². The van der Waals surface area contributed by atoms with E-state index in [-0.39, 0.29) is 24.7 Å². The number of carbonyl (C=O) groups is 2. The number of aliphatic hydroxyl groups excluding tert-OH is 1. The molecule has 1 N–H and O–H groups in total. The number of aliphatic hydroxyl groups is 1. The van der Waals surface area contributed by atoms with Gasteiger partial charge in [0.05, 0.1) is 18.1 Å². The maximum atomic E-state index is 11.7. The molecule has 2 aromatic carbocycles. The summed E-state index contributed by atoms with van der Waals surface area (Å²) in [4.78, 5) is 33.8. The molecular formula is C23H25NO10. The Bertz CT molecular complexity index is 981. The van der Waals surface area contributed by atoms with Crippen molar-refractivity contribution in [1.29, 1.82) is 0 Å². The first-order valence-corrected chi connectivity index (χ1v) is 10.5. The van der Waals surface area contributed by atoms with Crippen LogP contribution in [0.15, 0.2) is 54.6 Å². The van der Waals surface area contributed by atoms with Crippen molar-refractivity contribution in [3.63, 3.8) is 0 Å². The van der Waals surface area contributed by atoms with Crippen LogP contribution in [0.1, 0.15) is 19.4 Å². The summed E-state index contributed by atoms with van der Waals surface area (Å²) in [5.74, 6) is -1.25. The SMILES string of the molecule is CC(=O)O[C@H]1[C@@H](Oc2ccc([N+](=O)[O-])cc2)O[C@H](COCc2ccccc2)[C@H](O)[C@@H]1OC(C)=O. The Balaban J connectivity index is 1.80. The van der Waals surface area contributed by atoms with E-state index in [1.54, 1.807) is 0 Å². The van der Waals surface area contributed by atoms with Gasteiger partial charge in [-0.2, -0.15) is 0 Å². The van der Waals surface area contributed by atoms with E-state index in [4.69, 9.17) is 23.7 Å². The Labute approximate surface area is 195 Å². The van der Waals surface area contributed by atoms with Crippen LogP contribution in [-0.2, 0) is 35.1 Å². The molecule has 0 spiro atoms. The molecule has 0 bridgehead atoms. The van der Waals surface area contributed by atoms with E-state index in [1.807, 2.05) is 30.3 Å². The predicted octanol–water partition coefficient (Wildman–Crippen LogP) is 2.14. The van der Waals surface area contributed by atoms with Crippen LogP contribution >= 0.6 is 0 Å². The lowest BCUT2D eigenvalue weighted by molar-refractivity contribution is -0.384. The van der Waals surface area contributed by atoms with Crippen LogP contribution < -0.4 is 4.74 Å².